The van der Waals surface area contributed by atoms with E-state index in [-0.39, 0.29) is 0 Å². The van der Waals surface area contributed by atoms with E-state index in [2.05, 4.69) is 6.58 Å². The van der Waals surface area contributed by atoms with Crippen LogP contribution in [0.5, 0.6) is 0 Å². The molecule has 0 aliphatic heterocycles. The Kier molecular flexibility index (Phi) is 3.58. The maximum Gasteiger partial charge on any atom is 0.0387 e. The molecule has 0 radical (unpaired) electrons. The van der Waals surface area contributed by atoms with E-state index in [4.69, 9.17) is 5.73 Å². The zero-order valence-electron chi connectivity index (χ0n) is 7.48. The van der Waals surface area contributed by atoms with Crippen LogP contribution in [-0.2, 0) is 0 Å². The van der Waals surface area contributed by atoms with Crippen LogP contribution in [0.1, 0.15) is 5.56 Å². The minimum Gasteiger partial charge on any atom is -0.398 e. The topological polar surface area (TPSA) is 26.0 Å². The third-order valence-corrected chi connectivity index (χ3v) is 1.63. The fraction of sp³-hybridized carbons (Fsp3) is 0. The van der Waals surface area contributed by atoms with Gasteiger partial charge in [0.25, 0.3) is 0 Å². The van der Waals surface area contributed by atoms with Gasteiger partial charge in [-0.25, -0.2) is 0 Å². The summed E-state index contributed by atoms with van der Waals surface area (Å²) in [5, 5.41) is 0. The van der Waals surface area contributed by atoms with Gasteiger partial charge in [0.05, 0.1) is 0 Å². The Morgan fingerprint density at radius 2 is 1.85 bits per heavy atom. The van der Waals surface area contributed by atoms with Gasteiger partial charge in [0.1, 0.15) is 0 Å². The van der Waals surface area contributed by atoms with Gasteiger partial charge >= 0.3 is 0 Å². The molecule has 0 amide bonds. The minimum atomic E-state index is 0.797. The molecular weight excluding hydrogens is 158 g/mol. The van der Waals surface area contributed by atoms with E-state index in [1.165, 1.54) is 0 Å². The Morgan fingerprint density at radius 3 is 2.54 bits per heavy atom. The second-order valence-electron chi connectivity index (χ2n) is 2.61. The molecule has 1 heteroatoms. The smallest absolute Gasteiger partial charge is 0.0387 e. The van der Waals surface area contributed by atoms with Crippen LogP contribution in [0.2, 0.25) is 0 Å². The van der Waals surface area contributed by atoms with E-state index in [1.807, 2.05) is 48.6 Å². The van der Waals surface area contributed by atoms with Crippen LogP contribution in [0, 0.1) is 0 Å². The van der Waals surface area contributed by atoms with E-state index in [1.54, 1.807) is 6.08 Å². The number of para-hydroxylation sites is 1. The molecule has 0 aliphatic carbocycles. The molecular formula is C12H13N. The summed E-state index contributed by atoms with van der Waals surface area (Å²) in [5.41, 5.74) is 7.57. The summed E-state index contributed by atoms with van der Waals surface area (Å²) in [4.78, 5) is 0. The van der Waals surface area contributed by atoms with Gasteiger partial charge in [-0.05, 0) is 11.6 Å². The Bertz CT molecular complexity index is 335. The first-order chi connectivity index (χ1) is 6.34. The third kappa shape index (κ3) is 2.99. The summed E-state index contributed by atoms with van der Waals surface area (Å²) < 4.78 is 0. The Balaban J connectivity index is 2.74. The molecule has 0 aromatic heterocycles. The highest BCUT2D eigenvalue weighted by Gasteiger charge is 1.89. The van der Waals surface area contributed by atoms with Crippen LogP contribution in [0.25, 0.3) is 6.08 Å². The van der Waals surface area contributed by atoms with Crippen LogP contribution >= 0.6 is 0 Å². The van der Waals surface area contributed by atoms with Gasteiger partial charge in [-0.1, -0.05) is 55.2 Å². The molecule has 0 saturated heterocycles. The molecule has 0 aliphatic rings. The Hall–Kier alpha value is -1.76. The number of nitrogens with two attached hydrogens (primary N) is 1. The summed E-state index contributed by atoms with van der Waals surface area (Å²) in [5.74, 6) is 0. The zero-order valence-corrected chi connectivity index (χ0v) is 7.48. The van der Waals surface area contributed by atoms with Crippen molar-refractivity contribution in [3.05, 3.63) is 60.7 Å². The van der Waals surface area contributed by atoms with E-state index in [0.29, 0.717) is 0 Å². The van der Waals surface area contributed by atoms with Crippen molar-refractivity contribution in [1.82, 2.24) is 0 Å². The number of nitrogen functional groups attached to an aromatic ring is 1. The minimum absolute atomic E-state index is 0.797. The largest absolute Gasteiger partial charge is 0.398 e. The second kappa shape index (κ2) is 4.99. The molecule has 1 aromatic carbocycles. The van der Waals surface area contributed by atoms with Crippen molar-refractivity contribution < 1.29 is 0 Å². The molecule has 0 fully saturated rings. The maximum atomic E-state index is 5.74. The van der Waals surface area contributed by atoms with E-state index < -0.39 is 0 Å². The highest BCUT2D eigenvalue weighted by molar-refractivity contribution is 5.64. The van der Waals surface area contributed by atoms with Crippen molar-refractivity contribution >= 4 is 11.8 Å². The highest BCUT2D eigenvalue weighted by atomic mass is 14.5. The van der Waals surface area contributed by atoms with Crippen LogP contribution in [0.3, 0.4) is 0 Å². The lowest BCUT2D eigenvalue weighted by atomic mass is 10.1. The summed E-state index contributed by atoms with van der Waals surface area (Å²) in [6, 6.07) is 7.75. The predicted octanol–water partition coefficient (Wildman–Crippen LogP) is 3.02. The van der Waals surface area contributed by atoms with Crippen LogP contribution in [0.4, 0.5) is 5.69 Å². The average molecular weight is 171 g/mol. The monoisotopic (exact) mass is 171 g/mol. The molecule has 0 atom stereocenters. The van der Waals surface area contributed by atoms with Crippen LogP contribution in [-0.4, -0.2) is 0 Å². The normalized spacial score (nSPS) is 11.1. The third-order valence-electron chi connectivity index (χ3n) is 1.63. The molecule has 66 valence electrons. The van der Waals surface area contributed by atoms with E-state index in [9.17, 15) is 0 Å². The molecule has 0 heterocycles. The quantitative estimate of drug-likeness (QED) is 0.549. The van der Waals surface area contributed by atoms with Crippen LogP contribution in [0.15, 0.2) is 55.1 Å². The molecule has 0 bridgehead atoms. The van der Waals surface area contributed by atoms with Crippen molar-refractivity contribution in [2.45, 2.75) is 0 Å². The summed E-state index contributed by atoms with van der Waals surface area (Å²) in [6.07, 6.45) is 9.43. The first kappa shape index (κ1) is 9.33. The number of anilines is 1. The standard InChI is InChI=1S/C12H13N/c1-2-3-4-5-8-11-9-6-7-10-12(11)13/h2-10H,1,13H2/b4-3?,8-5-. The number of hydrogen-bond donors (Lipinski definition) is 1. The lowest BCUT2D eigenvalue weighted by molar-refractivity contribution is 1.64. The van der Waals surface area contributed by atoms with Crippen molar-refractivity contribution in [1.29, 1.82) is 0 Å². The SMILES string of the molecule is C=CC=C/C=C\c1ccccc1N. The predicted molar refractivity (Wildman–Crippen MR) is 59.2 cm³/mol. The van der Waals surface area contributed by atoms with Crippen molar-refractivity contribution in [3.63, 3.8) is 0 Å². The molecule has 0 saturated carbocycles. The van der Waals surface area contributed by atoms with Gasteiger partial charge < -0.3 is 5.73 Å². The van der Waals surface area contributed by atoms with Crippen molar-refractivity contribution in [3.8, 4) is 0 Å². The first-order valence-corrected chi connectivity index (χ1v) is 4.15. The number of rotatable bonds is 3. The first-order valence-electron chi connectivity index (χ1n) is 4.15. The second-order valence-corrected chi connectivity index (χ2v) is 2.61. The summed E-state index contributed by atoms with van der Waals surface area (Å²) in [7, 11) is 0. The van der Waals surface area contributed by atoms with Gasteiger partial charge in [0, 0.05) is 5.69 Å². The Morgan fingerprint density at radius 1 is 1.08 bits per heavy atom. The van der Waals surface area contributed by atoms with Gasteiger partial charge in [-0.3, -0.25) is 0 Å². The molecule has 0 spiro atoms. The number of hydrogen-bond acceptors (Lipinski definition) is 1. The molecule has 0 unspecified atom stereocenters. The molecule has 13 heavy (non-hydrogen) atoms. The van der Waals surface area contributed by atoms with Crippen molar-refractivity contribution in [2.24, 2.45) is 0 Å². The van der Waals surface area contributed by atoms with Gasteiger partial charge in [0.15, 0.2) is 0 Å². The fourth-order valence-corrected chi connectivity index (χ4v) is 0.965. The van der Waals surface area contributed by atoms with Gasteiger partial charge in [0.2, 0.25) is 0 Å². The van der Waals surface area contributed by atoms with Crippen LogP contribution < -0.4 is 5.73 Å². The maximum absolute atomic E-state index is 5.74. The highest BCUT2D eigenvalue weighted by Crippen LogP contribution is 2.11. The molecule has 1 nitrogen and oxygen atoms in total. The average Bonchev–Trinajstić information content (AvgIpc) is 2.15. The molecule has 1 aromatic rings. The van der Waals surface area contributed by atoms with Gasteiger partial charge in [-0.2, -0.15) is 0 Å². The zero-order chi connectivity index (χ0) is 9.52. The summed E-state index contributed by atoms with van der Waals surface area (Å²) in [6.45, 7) is 3.58. The molecule has 1 rings (SSSR count). The van der Waals surface area contributed by atoms with Crippen molar-refractivity contribution in [2.75, 3.05) is 5.73 Å². The molecule has 2 N–H and O–H groups in total. The lowest BCUT2D eigenvalue weighted by Crippen LogP contribution is -1.86. The summed E-state index contributed by atoms with van der Waals surface area (Å²) >= 11 is 0. The number of allylic oxidation sites excluding steroid dienone is 4. The Labute approximate surface area is 78.9 Å². The van der Waals surface area contributed by atoms with E-state index in [0.717, 1.165) is 11.3 Å². The van der Waals surface area contributed by atoms with Gasteiger partial charge in [-0.15, -0.1) is 0 Å². The fourth-order valence-electron chi connectivity index (χ4n) is 0.965. The lowest BCUT2D eigenvalue weighted by Gasteiger charge is -1.96. The van der Waals surface area contributed by atoms with E-state index >= 15 is 0 Å². The number of benzene rings is 1.